The van der Waals surface area contributed by atoms with Crippen LogP contribution in [-0.2, 0) is 6.54 Å². The fraction of sp³-hybridized carbons (Fsp3) is 0.154. The van der Waals surface area contributed by atoms with E-state index in [1.165, 1.54) is 6.07 Å². The van der Waals surface area contributed by atoms with E-state index in [2.05, 4.69) is 9.98 Å². The van der Waals surface area contributed by atoms with E-state index in [-0.39, 0.29) is 11.8 Å². The maximum Gasteiger partial charge on any atom is 0.215 e. The molecule has 6 heteroatoms. The molecule has 2 aromatic rings. The van der Waals surface area contributed by atoms with Crippen molar-refractivity contribution in [2.24, 2.45) is 4.99 Å². The molecule has 3 N–H and O–H groups in total. The largest absolute Gasteiger partial charge is 0.496 e. The van der Waals surface area contributed by atoms with Gasteiger partial charge in [-0.3, -0.25) is 4.98 Å². The van der Waals surface area contributed by atoms with E-state index in [0.717, 1.165) is 17.0 Å². The fourth-order valence-corrected chi connectivity index (χ4v) is 2.15. The Morgan fingerprint density at radius 1 is 1.37 bits per heavy atom. The first kappa shape index (κ1) is 11.5. The van der Waals surface area contributed by atoms with Crippen LogP contribution in [0, 0.1) is 0 Å². The molecule has 0 spiro atoms. The Morgan fingerprint density at radius 2 is 2.21 bits per heavy atom. The van der Waals surface area contributed by atoms with Crippen LogP contribution < -0.4 is 9.64 Å². The molecule has 19 heavy (non-hydrogen) atoms. The van der Waals surface area contributed by atoms with Gasteiger partial charge in [-0.1, -0.05) is 6.07 Å². The SMILES string of the molecule is COc1cccc2c1CN(c1cc(O)[nH]c1O)C=N2. The number of aliphatic imine (C=N–C) groups is 1. The number of anilines is 1. The number of hydrogen-bond acceptors (Lipinski definition) is 5. The molecule has 0 unspecified atom stereocenters. The Bertz CT molecular complexity index is 649. The number of ether oxygens (including phenoxy) is 1. The number of methoxy groups -OCH3 is 1. The molecule has 98 valence electrons. The maximum absolute atomic E-state index is 9.71. The van der Waals surface area contributed by atoms with Crippen molar-refractivity contribution in [1.82, 2.24) is 4.98 Å². The van der Waals surface area contributed by atoms with Gasteiger partial charge < -0.3 is 19.8 Å². The Kier molecular flexibility index (Phi) is 2.56. The number of nitrogens with zero attached hydrogens (tertiary/aromatic N) is 2. The van der Waals surface area contributed by atoms with Crippen molar-refractivity contribution >= 4 is 17.7 Å². The van der Waals surface area contributed by atoms with Crippen LogP contribution in [-0.4, -0.2) is 28.6 Å². The van der Waals surface area contributed by atoms with Gasteiger partial charge in [0.05, 0.1) is 25.7 Å². The second kappa shape index (κ2) is 4.24. The molecule has 0 bridgehead atoms. The van der Waals surface area contributed by atoms with Crippen LogP contribution in [0.25, 0.3) is 0 Å². The summed E-state index contributed by atoms with van der Waals surface area (Å²) in [4.78, 5) is 8.49. The van der Waals surface area contributed by atoms with Crippen molar-refractivity contribution in [2.75, 3.05) is 12.0 Å². The van der Waals surface area contributed by atoms with Crippen molar-refractivity contribution in [3.8, 4) is 17.5 Å². The van der Waals surface area contributed by atoms with E-state index in [1.807, 2.05) is 18.2 Å². The summed E-state index contributed by atoms with van der Waals surface area (Å²) in [5, 5.41) is 19.1. The van der Waals surface area contributed by atoms with E-state index < -0.39 is 0 Å². The van der Waals surface area contributed by atoms with E-state index in [4.69, 9.17) is 4.74 Å². The van der Waals surface area contributed by atoms with Crippen LogP contribution in [0.15, 0.2) is 29.3 Å². The molecule has 0 amide bonds. The summed E-state index contributed by atoms with van der Waals surface area (Å²) < 4.78 is 5.31. The monoisotopic (exact) mass is 259 g/mol. The lowest BCUT2D eigenvalue weighted by Gasteiger charge is -2.24. The Morgan fingerprint density at radius 3 is 2.89 bits per heavy atom. The standard InChI is InChI=1S/C13H13N3O3/c1-19-11-4-2-3-9-8(11)6-16(7-14-9)10-5-12(17)15-13(10)18/h2-5,7,15,17-18H,6H2,1H3. The number of nitrogens with one attached hydrogen (secondary N) is 1. The second-order valence-corrected chi connectivity index (χ2v) is 4.22. The fourth-order valence-electron chi connectivity index (χ4n) is 2.15. The quantitative estimate of drug-likeness (QED) is 0.771. The van der Waals surface area contributed by atoms with Crippen LogP contribution in [0.2, 0.25) is 0 Å². The minimum absolute atomic E-state index is 0.0910. The highest BCUT2D eigenvalue weighted by molar-refractivity contribution is 5.87. The molecule has 0 fully saturated rings. The van der Waals surface area contributed by atoms with E-state index >= 15 is 0 Å². The summed E-state index contributed by atoms with van der Waals surface area (Å²) >= 11 is 0. The lowest BCUT2D eigenvalue weighted by Crippen LogP contribution is -2.23. The van der Waals surface area contributed by atoms with Gasteiger partial charge in [-0.05, 0) is 12.1 Å². The van der Waals surface area contributed by atoms with E-state index in [0.29, 0.717) is 12.2 Å². The average Bonchev–Trinajstić information content (AvgIpc) is 2.76. The van der Waals surface area contributed by atoms with E-state index in [9.17, 15) is 10.2 Å². The normalized spacial score (nSPS) is 13.4. The van der Waals surface area contributed by atoms with Crippen molar-refractivity contribution in [1.29, 1.82) is 0 Å². The molecule has 0 atom stereocenters. The first-order valence-corrected chi connectivity index (χ1v) is 5.76. The topological polar surface area (TPSA) is 81.1 Å². The number of aromatic amines is 1. The summed E-state index contributed by atoms with van der Waals surface area (Å²) in [6.07, 6.45) is 1.62. The molecule has 1 aliphatic heterocycles. The summed E-state index contributed by atoms with van der Waals surface area (Å²) in [5.41, 5.74) is 2.25. The average molecular weight is 259 g/mol. The molecule has 1 aliphatic rings. The number of aromatic hydroxyl groups is 2. The smallest absolute Gasteiger partial charge is 0.215 e. The van der Waals surface area contributed by atoms with Gasteiger partial charge >= 0.3 is 0 Å². The lowest BCUT2D eigenvalue weighted by atomic mass is 10.1. The molecular formula is C13H13N3O3. The number of hydrogen-bond donors (Lipinski definition) is 3. The Balaban J connectivity index is 2.00. The van der Waals surface area contributed by atoms with Gasteiger partial charge in [-0.25, -0.2) is 4.99 Å². The molecular weight excluding hydrogens is 246 g/mol. The van der Waals surface area contributed by atoms with Crippen LogP contribution in [0.3, 0.4) is 0 Å². The number of aromatic nitrogens is 1. The summed E-state index contributed by atoms with van der Waals surface area (Å²) in [5.74, 6) is 0.563. The number of benzene rings is 1. The Hall–Kier alpha value is -2.63. The lowest BCUT2D eigenvalue weighted by molar-refractivity contribution is 0.409. The summed E-state index contributed by atoms with van der Waals surface area (Å²) in [6.45, 7) is 0.508. The Labute approximate surface area is 109 Å². The number of H-pyrrole nitrogens is 1. The molecule has 0 radical (unpaired) electrons. The molecule has 1 aromatic carbocycles. The molecule has 6 nitrogen and oxygen atoms in total. The summed E-state index contributed by atoms with van der Waals surface area (Å²) in [6, 6.07) is 7.10. The van der Waals surface area contributed by atoms with Crippen LogP contribution in [0.1, 0.15) is 5.56 Å². The highest BCUT2D eigenvalue weighted by Gasteiger charge is 2.20. The second-order valence-electron chi connectivity index (χ2n) is 4.22. The minimum atomic E-state index is -0.0951. The maximum atomic E-state index is 9.71. The first-order chi connectivity index (χ1) is 9.19. The molecule has 3 rings (SSSR count). The zero-order valence-corrected chi connectivity index (χ0v) is 10.3. The van der Waals surface area contributed by atoms with Gasteiger partial charge in [0.15, 0.2) is 5.88 Å². The zero-order valence-electron chi connectivity index (χ0n) is 10.3. The highest BCUT2D eigenvalue weighted by Crippen LogP contribution is 2.37. The van der Waals surface area contributed by atoms with Gasteiger partial charge in [0.1, 0.15) is 11.4 Å². The van der Waals surface area contributed by atoms with E-state index in [1.54, 1.807) is 18.3 Å². The van der Waals surface area contributed by atoms with Crippen LogP contribution in [0.5, 0.6) is 17.5 Å². The highest BCUT2D eigenvalue weighted by atomic mass is 16.5. The predicted octanol–water partition coefficient (Wildman–Crippen LogP) is 2.11. The third-order valence-corrected chi connectivity index (χ3v) is 3.06. The van der Waals surface area contributed by atoms with Gasteiger partial charge in [0.2, 0.25) is 5.88 Å². The van der Waals surface area contributed by atoms with Crippen LogP contribution in [0.4, 0.5) is 11.4 Å². The van der Waals surface area contributed by atoms with Gasteiger partial charge in [0, 0.05) is 11.6 Å². The van der Waals surface area contributed by atoms with Crippen molar-refractivity contribution in [3.63, 3.8) is 0 Å². The molecule has 0 aliphatic carbocycles. The van der Waals surface area contributed by atoms with Crippen molar-refractivity contribution in [2.45, 2.75) is 6.54 Å². The van der Waals surface area contributed by atoms with Gasteiger partial charge in [-0.2, -0.15) is 0 Å². The zero-order chi connectivity index (χ0) is 13.4. The first-order valence-electron chi connectivity index (χ1n) is 5.76. The third kappa shape index (κ3) is 1.87. The molecule has 1 aromatic heterocycles. The van der Waals surface area contributed by atoms with Crippen LogP contribution >= 0.6 is 0 Å². The minimum Gasteiger partial charge on any atom is -0.496 e. The molecule has 0 saturated carbocycles. The number of fused-ring (bicyclic) bond motifs is 1. The molecule has 0 saturated heterocycles. The van der Waals surface area contributed by atoms with Crippen molar-refractivity contribution in [3.05, 3.63) is 29.8 Å². The molecule has 2 heterocycles. The van der Waals surface area contributed by atoms with Gasteiger partial charge in [0.25, 0.3) is 0 Å². The van der Waals surface area contributed by atoms with Gasteiger partial charge in [-0.15, -0.1) is 0 Å². The summed E-state index contributed by atoms with van der Waals surface area (Å²) in [7, 11) is 1.61. The van der Waals surface area contributed by atoms with Crippen molar-refractivity contribution < 1.29 is 14.9 Å². The third-order valence-electron chi connectivity index (χ3n) is 3.06. The predicted molar refractivity (Wildman–Crippen MR) is 71.5 cm³/mol. The number of rotatable bonds is 2.